The van der Waals surface area contributed by atoms with Gasteiger partial charge in [-0.2, -0.15) is 0 Å². The lowest BCUT2D eigenvalue weighted by atomic mass is 10.3. The van der Waals surface area contributed by atoms with E-state index in [9.17, 15) is 12.8 Å². The van der Waals surface area contributed by atoms with Gasteiger partial charge in [0.15, 0.2) is 11.6 Å². The van der Waals surface area contributed by atoms with Crippen LogP contribution >= 0.6 is 11.3 Å². The number of hydrogen-bond acceptors (Lipinski definition) is 5. The van der Waals surface area contributed by atoms with Crippen molar-refractivity contribution in [2.24, 2.45) is 0 Å². The van der Waals surface area contributed by atoms with Crippen LogP contribution in [0, 0.1) is 5.82 Å². The zero-order valence-electron chi connectivity index (χ0n) is 10.5. The van der Waals surface area contributed by atoms with E-state index in [1.54, 1.807) is 5.38 Å². The van der Waals surface area contributed by atoms with E-state index in [4.69, 9.17) is 9.84 Å². The molecule has 0 atom stereocenters. The second kappa shape index (κ2) is 5.78. The first kappa shape index (κ1) is 14.8. The molecule has 2 rings (SSSR count). The number of ether oxygens (including phenoxy) is 1. The van der Waals surface area contributed by atoms with Crippen molar-refractivity contribution in [3.05, 3.63) is 40.3 Å². The SMILES string of the molecule is COc1cc(NS(=O)(=O)c2ccsc2CO)ccc1F. The predicted molar refractivity (Wildman–Crippen MR) is 74.0 cm³/mol. The molecule has 0 radical (unpaired) electrons. The molecule has 0 fully saturated rings. The van der Waals surface area contributed by atoms with Crippen LogP contribution in [0.15, 0.2) is 34.5 Å². The normalized spacial score (nSPS) is 11.3. The van der Waals surface area contributed by atoms with E-state index < -0.39 is 15.8 Å². The Hall–Kier alpha value is -1.64. The van der Waals surface area contributed by atoms with Crippen LogP contribution < -0.4 is 9.46 Å². The molecule has 0 spiro atoms. The number of aliphatic hydroxyl groups excluding tert-OH is 1. The fourth-order valence-electron chi connectivity index (χ4n) is 1.62. The van der Waals surface area contributed by atoms with Crippen LogP contribution in [0.1, 0.15) is 4.88 Å². The van der Waals surface area contributed by atoms with Crippen LogP contribution in [0.25, 0.3) is 0 Å². The van der Waals surface area contributed by atoms with Gasteiger partial charge in [-0.25, -0.2) is 12.8 Å². The first-order chi connectivity index (χ1) is 9.47. The third-order valence-electron chi connectivity index (χ3n) is 2.54. The average Bonchev–Trinajstić information content (AvgIpc) is 2.90. The molecule has 0 unspecified atom stereocenters. The van der Waals surface area contributed by atoms with Crippen molar-refractivity contribution >= 4 is 27.0 Å². The van der Waals surface area contributed by atoms with Gasteiger partial charge in [0.05, 0.1) is 24.3 Å². The number of nitrogens with one attached hydrogen (secondary N) is 1. The van der Waals surface area contributed by atoms with Crippen LogP contribution in [0.3, 0.4) is 0 Å². The summed E-state index contributed by atoms with van der Waals surface area (Å²) in [5.41, 5.74) is 0.179. The Morgan fingerprint density at radius 2 is 2.15 bits per heavy atom. The number of methoxy groups -OCH3 is 1. The van der Waals surface area contributed by atoms with Crippen LogP contribution in [0.2, 0.25) is 0 Å². The summed E-state index contributed by atoms with van der Waals surface area (Å²) < 4.78 is 44.7. The molecule has 0 amide bonds. The maximum absolute atomic E-state index is 13.3. The van der Waals surface area contributed by atoms with E-state index >= 15 is 0 Å². The number of anilines is 1. The van der Waals surface area contributed by atoms with E-state index in [0.29, 0.717) is 4.88 Å². The van der Waals surface area contributed by atoms with Gasteiger partial charge in [0.1, 0.15) is 4.90 Å². The molecular formula is C12H12FNO4S2. The molecule has 2 aromatic rings. The van der Waals surface area contributed by atoms with Gasteiger partial charge in [-0.1, -0.05) is 0 Å². The summed E-state index contributed by atoms with van der Waals surface area (Å²) >= 11 is 1.14. The fraction of sp³-hybridized carbons (Fsp3) is 0.167. The molecule has 0 saturated carbocycles. The van der Waals surface area contributed by atoms with Crippen LogP contribution in [-0.2, 0) is 16.6 Å². The number of sulfonamides is 1. The highest BCUT2D eigenvalue weighted by Crippen LogP contribution is 2.27. The van der Waals surface area contributed by atoms with Crippen molar-refractivity contribution in [1.82, 2.24) is 0 Å². The first-order valence-corrected chi connectivity index (χ1v) is 7.88. The number of rotatable bonds is 5. The van der Waals surface area contributed by atoms with Crippen molar-refractivity contribution < 1.29 is 22.7 Å². The predicted octanol–water partition coefficient (Wildman–Crippen LogP) is 2.19. The summed E-state index contributed by atoms with van der Waals surface area (Å²) in [7, 11) is -2.54. The smallest absolute Gasteiger partial charge is 0.263 e. The molecule has 1 aromatic carbocycles. The fourth-order valence-corrected chi connectivity index (χ4v) is 3.96. The van der Waals surface area contributed by atoms with Crippen molar-refractivity contribution in [1.29, 1.82) is 0 Å². The Bertz CT molecular complexity index is 712. The third-order valence-corrected chi connectivity index (χ3v) is 5.04. The van der Waals surface area contributed by atoms with Crippen molar-refractivity contribution in [3.63, 3.8) is 0 Å². The number of aliphatic hydroxyl groups is 1. The van der Waals surface area contributed by atoms with Gasteiger partial charge in [-0.3, -0.25) is 4.72 Å². The maximum Gasteiger partial charge on any atom is 0.263 e. The maximum atomic E-state index is 13.3. The van der Waals surface area contributed by atoms with Crippen LogP contribution in [0.5, 0.6) is 5.75 Å². The molecule has 0 aliphatic heterocycles. The van der Waals surface area contributed by atoms with E-state index in [1.807, 2.05) is 0 Å². The Labute approximate surface area is 119 Å². The highest BCUT2D eigenvalue weighted by atomic mass is 32.2. The second-order valence-corrected chi connectivity index (χ2v) is 6.47. The Morgan fingerprint density at radius 1 is 1.40 bits per heavy atom. The quantitative estimate of drug-likeness (QED) is 0.886. The lowest BCUT2D eigenvalue weighted by Crippen LogP contribution is -2.13. The second-order valence-electron chi connectivity index (χ2n) is 3.82. The Balaban J connectivity index is 2.33. The minimum absolute atomic E-state index is 0.00768. The van der Waals surface area contributed by atoms with Gasteiger partial charge >= 0.3 is 0 Å². The standard InChI is InChI=1S/C12H12FNO4S2/c1-18-10-6-8(2-3-9(10)13)14-20(16,17)12-4-5-19-11(12)7-15/h2-6,14-15H,7H2,1H3. The zero-order chi connectivity index (χ0) is 14.8. The number of benzene rings is 1. The minimum atomic E-state index is -3.83. The highest BCUT2D eigenvalue weighted by Gasteiger charge is 2.20. The zero-order valence-corrected chi connectivity index (χ0v) is 12.1. The Morgan fingerprint density at radius 3 is 2.80 bits per heavy atom. The number of thiophene rings is 1. The lowest BCUT2D eigenvalue weighted by molar-refractivity contribution is 0.282. The molecule has 0 saturated heterocycles. The van der Waals surface area contributed by atoms with Gasteiger partial charge < -0.3 is 9.84 Å². The van der Waals surface area contributed by atoms with Crippen molar-refractivity contribution in [2.45, 2.75) is 11.5 Å². The molecule has 5 nitrogen and oxygen atoms in total. The molecule has 0 aliphatic rings. The summed E-state index contributed by atoms with van der Waals surface area (Å²) in [4.78, 5) is 0.347. The third kappa shape index (κ3) is 2.92. The molecule has 20 heavy (non-hydrogen) atoms. The monoisotopic (exact) mass is 317 g/mol. The lowest BCUT2D eigenvalue weighted by Gasteiger charge is -2.09. The summed E-state index contributed by atoms with van der Waals surface area (Å²) in [5.74, 6) is -0.639. The number of halogens is 1. The van der Waals surface area contributed by atoms with Gasteiger partial charge in [0, 0.05) is 6.07 Å². The highest BCUT2D eigenvalue weighted by molar-refractivity contribution is 7.93. The Kier molecular flexibility index (Phi) is 4.26. The summed E-state index contributed by atoms with van der Waals surface area (Å²) in [6, 6.07) is 5.05. The van der Waals surface area contributed by atoms with Crippen molar-refractivity contribution in [3.8, 4) is 5.75 Å². The molecule has 1 heterocycles. The van der Waals surface area contributed by atoms with Crippen molar-refractivity contribution in [2.75, 3.05) is 11.8 Å². The minimum Gasteiger partial charge on any atom is -0.494 e. The summed E-state index contributed by atoms with van der Waals surface area (Å²) in [6.07, 6.45) is 0. The molecule has 108 valence electrons. The molecular weight excluding hydrogens is 305 g/mol. The molecule has 2 N–H and O–H groups in total. The summed E-state index contributed by atoms with van der Waals surface area (Å²) in [5, 5.41) is 10.7. The van der Waals surface area contributed by atoms with E-state index in [-0.39, 0.29) is 22.9 Å². The topological polar surface area (TPSA) is 75.6 Å². The average molecular weight is 317 g/mol. The molecule has 0 bridgehead atoms. The number of hydrogen-bond donors (Lipinski definition) is 2. The molecule has 0 aliphatic carbocycles. The van der Waals surface area contributed by atoms with Gasteiger partial charge in [-0.05, 0) is 23.6 Å². The molecule has 8 heteroatoms. The first-order valence-electron chi connectivity index (χ1n) is 5.51. The largest absolute Gasteiger partial charge is 0.494 e. The van der Waals surface area contributed by atoms with E-state index in [1.165, 1.54) is 25.3 Å². The van der Waals surface area contributed by atoms with Crippen LogP contribution in [0.4, 0.5) is 10.1 Å². The van der Waals surface area contributed by atoms with Gasteiger partial charge in [0.2, 0.25) is 0 Å². The molecule has 1 aromatic heterocycles. The summed E-state index contributed by atoms with van der Waals surface area (Å²) in [6.45, 7) is -0.360. The van der Waals surface area contributed by atoms with Crippen LogP contribution in [-0.4, -0.2) is 20.6 Å². The van der Waals surface area contributed by atoms with Gasteiger partial charge in [-0.15, -0.1) is 11.3 Å². The van der Waals surface area contributed by atoms with E-state index in [0.717, 1.165) is 17.4 Å². The van der Waals surface area contributed by atoms with E-state index in [2.05, 4.69) is 4.72 Å². The van der Waals surface area contributed by atoms with Gasteiger partial charge in [0.25, 0.3) is 10.0 Å².